The maximum atomic E-state index is 13.0. The number of carbonyl (C=O) groups excluding carboxylic acids is 2. The zero-order chi connectivity index (χ0) is 23.9. The predicted octanol–water partition coefficient (Wildman–Crippen LogP) is 4.24. The van der Waals surface area contributed by atoms with Gasteiger partial charge in [-0.2, -0.15) is 13.2 Å². The van der Waals surface area contributed by atoms with Crippen molar-refractivity contribution >= 4 is 55.5 Å². The van der Waals surface area contributed by atoms with E-state index in [1.807, 2.05) is 0 Å². The van der Waals surface area contributed by atoms with Crippen molar-refractivity contribution in [2.75, 3.05) is 12.4 Å². The molecule has 4 aromatic rings. The van der Waals surface area contributed by atoms with Crippen LogP contribution < -0.4 is 10.6 Å². The van der Waals surface area contributed by atoms with Crippen LogP contribution >= 0.6 is 11.3 Å². The van der Waals surface area contributed by atoms with Crippen LogP contribution in [0.3, 0.4) is 0 Å². The molecule has 1 amide bonds. The number of anilines is 2. The molecule has 0 saturated carbocycles. The number of fused-ring (bicyclic) bond motifs is 2. The Morgan fingerprint density at radius 1 is 1.12 bits per heavy atom. The Labute approximate surface area is 189 Å². The molecule has 0 bridgehead atoms. The Hall–Kier alpha value is -3.67. The van der Waals surface area contributed by atoms with E-state index < -0.39 is 29.7 Å². The first kappa shape index (κ1) is 22.5. The summed E-state index contributed by atoms with van der Waals surface area (Å²) in [5, 5.41) is 5.96. The van der Waals surface area contributed by atoms with Gasteiger partial charge in [0.25, 0.3) is 5.91 Å². The molecule has 0 aliphatic rings. The van der Waals surface area contributed by atoms with E-state index in [9.17, 15) is 22.8 Å². The second-order valence-corrected chi connectivity index (χ2v) is 8.27. The number of hydrogen-bond donors (Lipinski definition) is 2. The normalized spacial score (nSPS) is 12.7. The third kappa shape index (κ3) is 4.46. The number of nitrogens with zero attached hydrogens (tertiary/aromatic N) is 3. The highest BCUT2D eigenvalue weighted by Crippen LogP contribution is 2.35. The van der Waals surface area contributed by atoms with Crippen LogP contribution in [0.15, 0.2) is 36.4 Å². The van der Waals surface area contributed by atoms with Crippen molar-refractivity contribution in [3.05, 3.63) is 47.5 Å². The Morgan fingerprint density at radius 2 is 1.88 bits per heavy atom. The lowest BCUT2D eigenvalue weighted by atomic mass is 10.1. The summed E-state index contributed by atoms with van der Waals surface area (Å²) in [6, 6.07) is 7.46. The molecule has 0 aliphatic heterocycles. The largest absolute Gasteiger partial charge is 0.467 e. The molecule has 0 spiro atoms. The second kappa shape index (κ2) is 8.35. The van der Waals surface area contributed by atoms with E-state index in [1.54, 1.807) is 29.8 Å². The standard InChI is InChI=1S/C21H18F3N5O3S/c1-10(18(31)32-3)25-17(30)11-4-7-15-14(8-11)26-19(29(15)2)28-20-27-13-6-5-12(21(22,23)24)9-16(13)33-20/h4-10H,1-3H3,(H,25,30)(H,26,27,28)/t10-/m0/s1. The van der Waals surface area contributed by atoms with Crippen molar-refractivity contribution in [2.45, 2.75) is 19.1 Å². The summed E-state index contributed by atoms with van der Waals surface area (Å²) in [6.07, 6.45) is -4.43. The van der Waals surface area contributed by atoms with Gasteiger partial charge in [-0.25, -0.2) is 14.8 Å². The van der Waals surface area contributed by atoms with E-state index >= 15 is 0 Å². The molecule has 0 fully saturated rings. The van der Waals surface area contributed by atoms with Gasteiger partial charge in [0, 0.05) is 12.6 Å². The van der Waals surface area contributed by atoms with E-state index in [0.29, 0.717) is 32.4 Å². The molecular weight excluding hydrogens is 459 g/mol. The van der Waals surface area contributed by atoms with Crippen LogP contribution in [0.2, 0.25) is 0 Å². The number of hydrogen-bond acceptors (Lipinski definition) is 7. The minimum Gasteiger partial charge on any atom is -0.467 e. The van der Waals surface area contributed by atoms with E-state index in [4.69, 9.17) is 0 Å². The first-order valence-electron chi connectivity index (χ1n) is 9.67. The summed E-state index contributed by atoms with van der Waals surface area (Å²) in [6.45, 7) is 1.51. The number of aryl methyl sites for hydroxylation is 1. The Morgan fingerprint density at radius 3 is 2.58 bits per heavy atom. The van der Waals surface area contributed by atoms with Crippen LogP contribution in [-0.2, 0) is 22.8 Å². The maximum Gasteiger partial charge on any atom is 0.416 e. The van der Waals surface area contributed by atoms with Crippen molar-refractivity contribution in [1.29, 1.82) is 0 Å². The van der Waals surface area contributed by atoms with Crippen LogP contribution in [0.5, 0.6) is 0 Å². The zero-order valence-electron chi connectivity index (χ0n) is 17.6. The molecule has 2 N–H and O–H groups in total. The van der Waals surface area contributed by atoms with Gasteiger partial charge in [0.05, 0.1) is 33.9 Å². The molecule has 0 saturated heterocycles. The number of halogens is 3. The smallest absolute Gasteiger partial charge is 0.416 e. The summed E-state index contributed by atoms with van der Waals surface area (Å²) in [4.78, 5) is 32.8. The van der Waals surface area contributed by atoms with Gasteiger partial charge in [0.2, 0.25) is 5.95 Å². The molecular formula is C21H18F3N5O3S. The fraction of sp³-hybridized carbons (Fsp3) is 0.238. The molecule has 8 nitrogen and oxygen atoms in total. The molecule has 12 heteroatoms. The number of esters is 1. The molecule has 0 aliphatic carbocycles. The lowest BCUT2D eigenvalue weighted by molar-refractivity contribution is -0.142. The number of ether oxygens (including phenoxy) is 1. The molecule has 172 valence electrons. The maximum absolute atomic E-state index is 13.0. The minimum absolute atomic E-state index is 0.308. The van der Waals surface area contributed by atoms with Crippen molar-refractivity contribution in [2.24, 2.45) is 7.05 Å². The third-order valence-electron chi connectivity index (χ3n) is 4.98. The van der Waals surface area contributed by atoms with Gasteiger partial charge in [0.1, 0.15) is 6.04 Å². The van der Waals surface area contributed by atoms with Gasteiger partial charge in [-0.3, -0.25) is 4.79 Å². The lowest BCUT2D eigenvalue weighted by Crippen LogP contribution is -2.39. The average molecular weight is 477 g/mol. The minimum atomic E-state index is -4.43. The van der Waals surface area contributed by atoms with Gasteiger partial charge in [-0.05, 0) is 43.3 Å². The highest BCUT2D eigenvalue weighted by Gasteiger charge is 2.30. The first-order chi connectivity index (χ1) is 15.6. The molecule has 0 unspecified atom stereocenters. The van der Waals surface area contributed by atoms with E-state index in [0.717, 1.165) is 29.0 Å². The van der Waals surface area contributed by atoms with Crippen LogP contribution in [0.25, 0.3) is 21.3 Å². The fourth-order valence-electron chi connectivity index (χ4n) is 3.22. The fourth-order valence-corrected chi connectivity index (χ4v) is 4.12. The summed E-state index contributed by atoms with van der Waals surface area (Å²) < 4.78 is 45.6. The molecule has 0 radical (unpaired) electrons. The Bertz CT molecular complexity index is 1380. The van der Waals surface area contributed by atoms with Crippen molar-refractivity contribution < 1.29 is 27.5 Å². The van der Waals surface area contributed by atoms with Crippen molar-refractivity contribution in [3.63, 3.8) is 0 Å². The summed E-state index contributed by atoms with van der Waals surface area (Å²) in [5.41, 5.74) is 1.24. The highest BCUT2D eigenvalue weighted by molar-refractivity contribution is 7.22. The number of alkyl halides is 3. The SMILES string of the molecule is COC(=O)[C@H](C)NC(=O)c1ccc2c(c1)nc(Nc1nc3ccc(C(F)(F)F)cc3s1)n2C. The van der Waals surface area contributed by atoms with Crippen LogP contribution in [0.1, 0.15) is 22.8 Å². The zero-order valence-corrected chi connectivity index (χ0v) is 18.5. The van der Waals surface area contributed by atoms with Crippen LogP contribution in [-0.4, -0.2) is 39.6 Å². The molecule has 1 atom stereocenters. The number of imidazole rings is 1. The number of nitrogens with one attached hydrogen (secondary N) is 2. The number of amides is 1. The number of carbonyl (C=O) groups is 2. The van der Waals surface area contributed by atoms with E-state index in [-0.39, 0.29) is 0 Å². The van der Waals surface area contributed by atoms with Crippen LogP contribution in [0, 0.1) is 0 Å². The number of thiazole rings is 1. The van der Waals surface area contributed by atoms with Crippen molar-refractivity contribution in [3.8, 4) is 0 Å². The molecule has 2 heterocycles. The van der Waals surface area contributed by atoms with E-state index in [2.05, 4.69) is 25.3 Å². The lowest BCUT2D eigenvalue weighted by Gasteiger charge is -2.11. The number of aromatic nitrogens is 3. The van der Waals surface area contributed by atoms with Gasteiger partial charge in [-0.15, -0.1) is 0 Å². The number of rotatable bonds is 5. The van der Waals surface area contributed by atoms with Crippen LogP contribution in [0.4, 0.5) is 24.3 Å². The van der Waals surface area contributed by atoms with Gasteiger partial charge in [0.15, 0.2) is 5.13 Å². The predicted molar refractivity (Wildman–Crippen MR) is 118 cm³/mol. The number of methoxy groups -OCH3 is 1. The molecule has 33 heavy (non-hydrogen) atoms. The topological polar surface area (TPSA) is 98.1 Å². The van der Waals surface area contributed by atoms with E-state index in [1.165, 1.54) is 20.1 Å². The monoisotopic (exact) mass is 477 g/mol. The van der Waals surface area contributed by atoms with Gasteiger partial charge in [-0.1, -0.05) is 11.3 Å². The first-order valence-corrected chi connectivity index (χ1v) is 10.5. The summed E-state index contributed by atoms with van der Waals surface area (Å²) in [7, 11) is 2.99. The van der Waals surface area contributed by atoms with Crippen molar-refractivity contribution in [1.82, 2.24) is 19.9 Å². The molecule has 4 rings (SSSR count). The Balaban J connectivity index is 1.59. The summed E-state index contributed by atoms with van der Waals surface area (Å²) in [5.74, 6) is -0.617. The molecule has 2 aromatic heterocycles. The summed E-state index contributed by atoms with van der Waals surface area (Å²) >= 11 is 1.08. The quantitative estimate of drug-likeness (QED) is 0.418. The average Bonchev–Trinajstić information content (AvgIpc) is 3.31. The second-order valence-electron chi connectivity index (χ2n) is 7.24. The molecule has 2 aromatic carbocycles. The highest BCUT2D eigenvalue weighted by atomic mass is 32.1. The third-order valence-corrected chi connectivity index (χ3v) is 5.91. The number of benzene rings is 2. The Kier molecular flexibility index (Phi) is 5.70. The van der Waals surface area contributed by atoms with Gasteiger partial charge < -0.3 is 19.9 Å². The van der Waals surface area contributed by atoms with Gasteiger partial charge >= 0.3 is 12.1 Å².